The molecular formula is C12H19N. The van der Waals surface area contributed by atoms with E-state index in [9.17, 15) is 0 Å². The third-order valence-corrected chi connectivity index (χ3v) is 1.82. The molecule has 1 unspecified atom stereocenters. The van der Waals surface area contributed by atoms with Gasteiger partial charge >= 0.3 is 0 Å². The van der Waals surface area contributed by atoms with E-state index in [0.29, 0.717) is 0 Å². The first-order valence-electron chi connectivity index (χ1n) is 4.53. The SMILES string of the molecule is C=CCC=C(CC=C)C(N)CC=C. The molecule has 1 heteroatoms. The minimum absolute atomic E-state index is 0.0791. The van der Waals surface area contributed by atoms with Crippen LogP contribution in [-0.4, -0.2) is 6.04 Å². The molecule has 0 aliphatic carbocycles. The van der Waals surface area contributed by atoms with Gasteiger partial charge in [0.05, 0.1) is 0 Å². The zero-order chi connectivity index (χ0) is 10.1. The van der Waals surface area contributed by atoms with Gasteiger partial charge in [0, 0.05) is 6.04 Å². The lowest BCUT2D eigenvalue weighted by atomic mass is 10.0. The summed E-state index contributed by atoms with van der Waals surface area (Å²) in [5.74, 6) is 0. The summed E-state index contributed by atoms with van der Waals surface area (Å²) in [5.41, 5.74) is 7.15. The smallest absolute Gasteiger partial charge is 0.0291 e. The molecule has 0 saturated heterocycles. The normalized spacial score (nSPS) is 13.5. The van der Waals surface area contributed by atoms with Gasteiger partial charge in [-0.1, -0.05) is 29.9 Å². The van der Waals surface area contributed by atoms with E-state index in [1.54, 1.807) is 0 Å². The summed E-state index contributed by atoms with van der Waals surface area (Å²) >= 11 is 0. The van der Waals surface area contributed by atoms with Gasteiger partial charge in [0.15, 0.2) is 0 Å². The highest BCUT2D eigenvalue weighted by Crippen LogP contribution is 2.11. The van der Waals surface area contributed by atoms with Crippen molar-refractivity contribution in [1.82, 2.24) is 0 Å². The van der Waals surface area contributed by atoms with Gasteiger partial charge in [-0.15, -0.1) is 19.7 Å². The van der Waals surface area contributed by atoms with E-state index in [4.69, 9.17) is 5.73 Å². The quantitative estimate of drug-likeness (QED) is 0.594. The van der Waals surface area contributed by atoms with Crippen molar-refractivity contribution < 1.29 is 0 Å². The molecule has 1 nitrogen and oxygen atoms in total. The van der Waals surface area contributed by atoms with Crippen LogP contribution >= 0.6 is 0 Å². The van der Waals surface area contributed by atoms with Crippen LogP contribution in [0.5, 0.6) is 0 Å². The van der Waals surface area contributed by atoms with Crippen molar-refractivity contribution in [3.8, 4) is 0 Å². The summed E-state index contributed by atoms with van der Waals surface area (Å²) < 4.78 is 0. The summed E-state index contributed by atoms with van der Waals surface area (Å²) in [7, 11) is 0. The Balaban J connectivity index is 4.28. The van der Waals surface area contributed by atoms with Crippen LogP contribution in [0.15, 0.2) is 49.6 Å². The lowest BCUT2D eigenvalue weighted by molar-refractivity contribution is 0.761. The molecule has 0 spiro atoms. The highest BCUT2D eigenvalue weighted by Gasteiger charge is 2.04. The van der Waals surface area contributed by atoms with Crippen LogP contribution in [0, 0.1) is 0 Å². The van der Waals surface area contributed by atoms with Gasteiger partial charge in [0.1, 0.15) is 0 Å². The Bertz CT molecular complexity index is 201. The fraction of sp³-hybridized carbons (Fsp3) is 0.333. The van der Waals surface area contributed by atoms with Crippen molar-refractivity contribution in [2.75, 3.05) is 0 Å². The lowest BCUT2D eigenvalue weighted by Crippen LogP contribution is -2.21. The average molecular weight is 177 g/mol. The molecule has 0 aromatic carbocycles. The van der Waals surface area contributed by atoms with Gasteiger partial charge in [0.2, 0.25) is 0 Å². The molecule has 0 fully saturated rings. The second-order valence-electron chi connectivity index (χ2n) is 2.93. The Labute approximate surface area is 81.3 Å². The van der Waals surface area contributed by atoms with E-state index in [1.165, 1.54) is 5.57 Å². The number of allylic oxidation sites excluding steroid dienone is 3. The number of nitrogens with two attached hydrogens (primary N) is 1. The molecule has 0 radical (unpaired) electrons. The molecule has 0 aromatic rings. The second-order valence-corrected chi connectivity index (χ2v) is 2.93. The van der Waals surface area contributed by atoms with Crippen molar-refractivity contribution in [2.45, 2.75) is 25.3 Å². The number of hydrogen-bond acceptors (Lipinski definition) is 1. The number of rotatable bonds is 7. The maximum absolute atomic E-state index is 5.93. The van der Waals surface area contributed by atoms with Gasteiger partial charge in [-0.05, 0) is 19.3 Å². The van der Waals surface area contributed by atoms with E-state index in [2.05, 4.69) is 25.8 Å². The molecular weight excluding hydrogens is 158 g/mol. The molecule has 0 aliphatic rings. The van der Waals surface area contributed by atoms with Crippen LogP contribution in [0.1, 0.15) is 19.3 Å². The zero-order valence-electron chi connectivity index (χ0n) is 8.21. The monoisotopic (exact) mass is 177 g/mol. The molecule has 0 aliphatic heterocycles. The van der Waals surface area contributed by atoms with Crippen molar-refractivity contribution in [1.29, 1.82) is 0 Å². The summed E-state index contributed by atoms with van der Waals surface area (Å²) in [4.78, 5) is 0. The van der Waals surface area contributed by atoms with Crippen LogP contribution in [0.25, 0.3) is 0 Å². The fourth-order valence-electron chi connectivity index (χ4n) is 1.12. The Morgan fingerprint density at radius 2 is 1.85 bits per heavy atom. The van der Waals surface area contributed by atoms with Gasteiger partial charge in [-0.2, -0.15) is 0 Å². The van der Waals surface area contributed by atoms with E-state index < -0.39 is 0 Å². The molecule has 0 heterocycles. The Morgan fingerprint density at radius 3 is 2.31 bits per heavy atom. The van der Waals surface area contributed by atoms with Crippen LogP contribution in [-0.2, 0) is 0 Å². The summed E-state index contributed by atoms with van der Waals surface area (Å²) in [5, 5.41) is 0. The molecule has 72 valence electrons. The summed E-state index contributed by atoms with van der Waals surface area (Å²) in [6.07, 6.45) is 10.2. The highest BCUT2D eigenvalue weighted by molar-refractivity contribution is 5.15. The van der Waals surface area contributed by atoms with E-state index in [-0.39, 0.29) is 6.04 Å². The van der Waals surface area contributed by atoms with Gasteiger partial charge in [0.25, 0.3) is 0 Å². The van der Waals surface area contributed by atoms with Gasteiger partial charge < -0.3 is 5.73 Å². The van der Waals surface area contributed by atoms with Gasteiger partial charge in [-0.25, -0.2) is 0 Å². The standard InChI is InChI=1S/C12H19N/c1-4-7-10-11(8-5-2)12(13)9-6-3/h4-6,10,12H,1-3,7-9,13H2. The van der Waals surface area contributed by atoms with E-state index in [1.807, 2.05) is 18.2 Å². The predicted octanol–water partition coefficient (Wildman–Crippen LogP) is 2.97. The highest BCUT2D eigenvalue weighted by atomic mass is 14.6. The zero-order valence-corrected chi connectivity index (χ0v) is 8.21. The summed E-state index contributed by atoms with van der Waals surface area (Å²) in [6.45, 7) is 11.0. The molecule has 2 N–H and O–H groups in total. The molecule has 0 amide bonds. The van der Waals surface area contributed by atoms with Crippen LogP contribution < -0.4 is 5.73 Å². The Kier molecular flexibility index (Phi) is 6.93. The minimum Gasteiger partial charge on any atom is -0.324 e. The van der Waals surface area contributed by atoms with Gasteiger partial charge in [-0.3, -0.25) is 0 Å². The van der Waals surface area contributed by atoms with E-state index in [0.717, 1.165) is 19.3 Å². The largest absolute Gasteiger partial charge is 0.324 e. The minimum atomic E-state index is 0.0791. The second kappa shape index (κ2) is 7.56. The third kappa shape index (κ3) is 5.21. The van der Waals surface area contributed by atoms with Crippen molar-refractivity contribution in [3.05, 3.63) is 49.6 Å². The Hall–Kier alpha value is -1.08. The Morgan fingerprint density at radius 1 is 1.15 bits per heavy atom. The van der Waals surface area contributed by atoms with Crippen LogP contribution in [0.4, 0.5) is 0 Å². The van der Waals surface area contributed by atoms with Crippen LogP contribution in [0.2, 0.25) is 0 Å². The average Bonchev–Trinajstić information content (AvgIpc) is 2.12. The van der Waals surface area contributed by atoms with Crippen LogP contribution in [0.3, 0.4) is 0 Å². The molecule has 0 rings (SSSR count). The van der Waals surface area contributed by atoms with Crippen molar-refractivity contribution in [2.24, 2.45) is 5.73 Å². The molecule has 13 heavy (non-hydrogen) atoms. The summed E-state index contributed by atoms with van der Waals surface area (Å²) in [6, 6.07) is 0.0791. The lowest BCUT2D eigenvalue weighted by Gasteiger charge is -2.12. The van der Waals surface area contributed by atoms with E-state index >= 15 is 0 Å². The first-order valence-corrected chi connectivity index (χ1v) is 4.53. The topological polar surface area (TPSA) is 26.0 Å². The molecule has 0 saturated carbocycles. The van der Waals surface area contributed by atoms with Crippen molar-refractivity contribution >= 4 is 0 Å². The maximum atomic E-state index is 5.93. The molecule has 0 aromatic heterocycles. The fourth-order valence-corrected chi connectivity index (χ4v) is 1.12. The predicted molar refractivity (Wildman–Crippen MR) is 60.5 cm³/mol. The number of hydrogen-bond donors (Lipinski definition) is 1. The first-order chi connectivity index (χ1) is 6.26. The molecule has 0 bridgehead atoms. The van der Waals surface area contributed by atoms with Crippen molar-refractivity contribution in [3.63, 3.8) is 0 Å². The third-order valence-electron chi connectivity index (χ3n) is 1.82. The molecule has 1 atom stereocenters. The maximum Gasteiger partial charge on any atom is 0.0291 e. The first kappa shape index (κ1) is 11.9.